The van der Waals surface area contributed by atoms with E-state index in [4.69, 9.17) is 9.47 Å². The first-order valence-corrected chi connectivity index (χ1v) is 6.64. The maximum Gasteiger partial charge on any atom is 0.188 e. The number of hydrogen-bond donors (Lipinski definition) is 1. The van der Waals surface area contributed by atoms with Crippen molar-refractivity contribution in [1.29, 1.82) is 0 Å². The van der Waals surface area contributed by atoms with Crippen LogP contribution in [0.4, 0.5) is 0 Å². The van der Waals surface area contributed by atoms with Crippen LogP contribution in [-0.2, 0) is 4.74 Å². The van der Waals surface area contributed by atoms with Crippen molar-refractivity contribution in [2.45, 2.75) is 19.9 Å². The zero-order valence-corrected chi connectivity index (χ0v) is 11.8. The molecular weight excluding hydrogens is 238 g/mol. The van der Waals surface area contributed by atoms with Crippen LogP contribution in [0.5, 0.6) is 5.75 Å². The molecule has 2 rings (SSSR count). The Labute approximate surface area is 114 Å². The fraction of sp³-hybridized carbons (Fsp3) is 0.375. The Morgan fingerprint density at radius 2 is 1.95 bits per heavy atom. The van der Waals surface area contributed by atoms with Gasteiger partial charge in [-0.2, -0.15) is 0 Å². The van der Waals surface area contributed by atoms with Crippen LogP contribution < -0.4 is 10.1 Å². The quantitative estimate of drug-likeness (QED) is 0.805. The molecule has 0 aliphatic carbocycles. The van der Waals surface area contributed by atoms with E-state index < -0.39 is 0 Å². The van der Waals surface area contributed by atoms with E-state index in [0.29, 0.717) is 0 Å². The first-order valence-electron chi connectivity index (χ1n) is 6.64. The lowest BCUT2D eigenvalue weighted by molar-refractivity contribution is 0.0512. The highest BCUT2D eigenvalue weighted by atomic mass is 16.7. The zero-order chi connectivity index (χ0) is 13.7. The van der Waals surface area contributed by atoms with Crippen molar-refractivity contribution < 1.29 is 9.47 Å². The van der Waals surface area contributed by atoms with Crippen LogP contribution >= 0.6 is 0 Å². The average molecular weight is 259 g/mol. The Hall–Kier alpha value is -1.58. The Bertz CT molecular complexity index is 539. The van der Waals surface area contributed by atoms with Crippen LogP contribution in [0, 0.1) is 0 Å². The highest BCUT2D eigenvalue weighted by Crippen LogP contribution is 2.33. The highest BCUT2D eigenvalue weighted by Gasteiger charge is 2.14. The van der Waals surface area contributed by atoms with Crippen molar-refractivity contribution in [3.8, 4) is 5.75 Å². The molecule has 2 aromatic rings. The number of nitrogens with one attached hydrogen (secondary N) is 1. The number of ether oxygens (including phenoxy) is 2. The first-order chi connectivity index (χ1) is 9.27. The number of benzene rings is 2. The van der Waals surface area contributed by atoms with E-state index in [1.165, 1.54) is 5.39 Å². The Morgan fingerprint density at radius 1 is 1.16 bits per heavy atom. The molecule has 0 bridgehead atoms. The predicted octanol–water partition coefficient (Wildman–Crippen LogP) is 3.49. The normalized spacial score (nSPS) is 12.6. The minimum Gasteiger partial charge on any atom is -0.467 e. The van der Waals surface area contributed by atoms with Crippen molar-refractivity contribution >= 4 is 10.8 Å². The molecule has 0 aliphatic rings. The van der Waals surface area contributed by atoms with Crippen LogP contribution in [0.25, 0.3) is 10.8 Å². The van der Waals surface area contributed by atoms with Crippen molar-refractivity contribution in [2.24, 2.45) is 0 Å². The average Bonchev–Trinajstić information content (AvgIpc) is 2.44. The van der Waals surface area contributed by atoms with Gasteiger partial charge in [0, 0.05) is 24.1 Å². The molecule has 0 saturated heterocycles. The Morgan fingerprint density at radius 3 is 2.68 bits per heavy atom. The molecule has 1 atom stereocenters. The molecule has 1 unspecified atom stereocenters. The lowest BCUT2D eigenvalue weighted by Crippen LogP contribution is -2.19. The summed E-state index contributed by atoms with van der Waals surface area (Å²) in [6, 6.07) is 12.8. The van der Waals surface area contributed by atoms with Gasteiger partial charge in [0.2, 0.25) is 0 Å². The molecule has 3 heteroatoms. The van der Waals surface area contributed by atoms with Crippen LogP contribution in [0.15, 0.2) is 36.4 Å². The van der Waals surface area contributed by atoms with E-state index in [-0.39, 0.29) is 12.8 Å². The second-order valence-corrected chi connectivity index (χ2v) is 4.54. The highest BCUT2D eigenvalue weighted by molar-refractivity contribution is 5.89. The molecule has 102 valence electrons. The van der Waals surface area contributed by atoms with Crippen molar-refractivity contribution in [3.05, 3.63) is 42.0 Å². The molecule has 0 aliphatic heterocycles. The number of hydrogen-bond acceptors (Lipinski definition) is 3. The van der Waals surface area contributed by atoms with Gasteiger partial charge in [0.25, 0.3) is 0 Å². The summed E-state index contributed by atoms with van der Waals surface area (Å²) in [4.78, 5) is 0. The van der Waals surface area contributed by atoms with Crippen LogP contribution in [-0.4, -0.2) is 20.4 Å². The van der Waals surface area contributed by atoms with E-state index in [2.05, 4.69) is 43.4 Å². The maximum absolute atomic E-state index is 5.80. The van der Waals surface area contributed by atoms with Gasteiger partial charge in [0.15, 0.2) is 6.79 Å². The number of methoxy groups -OCH3 is 1. The fourth-order valence-corrected chi connectivity index (χ4v) is 2.30. The van der Waals surface area contributed by atoms with Crippen LogP contribution in [0.1, 0.15) is 25.5 Å². The Balaban J connectivity index is 2.49. The fourth-order valence-electron chi connectivity index (χ4n) is 2.30. The van der Waals surface area contributed by atoms with E-state index in [0.717, 1.165) is 23.2 Å². The third-order valence-electron chi connectivity index (χ3n) is 3.21. The minimum atomic E-state index is 0.251. The molecule has 2 aromatic carbocycles. The molecular formula is C16H21NO2. The molecule has 3 nitrogen and oxygen atoms in total. The van der Waals surface area contributed by atoms with Gasteiger partial charge < -0.3 is 14.8 Å². The molecule has 0 heterocycles. The third-order valence-corrected chi connectivity index (χ3v) is 3.21. The summed E-state index contributed by atoms with van der Waals surface area (Å²) in [6.45, 7) is 5.44. The second-order valence-electron chi connectivity index (χ2n) is 4.54. The summed E-state index contributed by atoms with van der Waals surface area (Å²) in [5.41, 5.74) is 1.16. The molecule has 0 radical (unpaired) electrons. The van der Waals surface area contributed by atoms with Gasteiger partial charge in [-0.1, -0.05) is 43.3 Å². The molecule has 0 amide bonds. The van der Waals surface area contributed by atoms with Crippen LogP contribution in [0.2, 0.25) is 0 Å². The van der Waals surface area contributed by atoms with Gasteiger partial charge in [-0.15, -0.1) is 0 Å². The molecule has 0 saturated carbocycles. The van der Waals surface area contributed by atoms with E-state index in [1.54, 1.807) is 7.11 Å². The third kappa shape index (κ3) is 3.06. The van der Waals surface area contributed by atoms with Gasteiger partial charge >= 0.3 is 0 Å². The van der Waals surface area contributed by atoms with Gasteiger partial charge in [0.1, 0.15) is 5.75 Å². The van der Waals surface area contributed by atoms with Gasteiger partial charge in [-0.05, 0) is 18.9 Å². The van der Waals surface area contributed by atoms with Crippen molar-refractivity contribution in [1.82, 2.24) is 5.32 Å². The second kappa shape index (κ2) is 6.55. The van der Waals surface area contributed by atoms with E-state index >= 15 is 0 Å². The summed E-state index contributed by atoms with van der Waals surface area (Å²) >= 11 is 0. The first kappa shape index (κ1) is 13.8. The monoisotopic (exact) mass is 259 g/mol. The largest absolute Gasteiger partial charge is 0.467 e. The topological polar surface area (TPSA) is 30.5 Å². The summed E-state index contributed by atoms with van der Waals surface area (Å²) in [6.07, 6.45) is 0. The number of rotatable bonds is 6. The molecule has 0 fully saturated rings. The van der Waals surface area contributed by atoms with Gasteiger partial charge in [-0.25, -0.2) is 0 Å². The van der Waals surface area contributed by atoms with Crippen molar-refractivity contribution in [2.75, 3.05) is 20.4 Å². The summed E-state index contributed by atoms with van der Waals surface area (Å²) < 4.78 is 10.9. The molecule has 19 heavy (non-hydrogen) atoms. The van der Waals surface area contributed by atoms with Crippen LogP contribution in [0.3, 0.4) is 0 Å². The van der Waals surface area contributed by atoms with Crippen molar-refractivity contribution in [3.63, 3.8) is 0 Å². The summed E-state index contributed by atoms with van der Waals surface area (Å²) in [7, 11) is 1.64. The van der Waals surface area contributed by atoms with Gasteiger partial charge in [0.05, 0.1) is 0 Å². The molecule has 0 spiro atoms. The lowest BCUT2D eigenvalue weighted by Gasteiger charge is -2.19. The lowest BCUT2D eigenvalue weighted by atomic mass is 10.0. The zero-order valence-electron chi connectivity index (χ0n) is 11.8. The van der Waals surface area contributed by atoms with E-state index in [9.17, 15) is 0 Å². The number of fused-ring (bicyclic) bond motifs is 1. The molecule has 1 N–H and O–H groups in total. The smallest absolute Gasteiger partial charge is 0.188 e. The molecule has 0 aromatic heterocycles. The minimum absolute atomic E-state index is 0.251. The SMILES string of the molecule is CCNC(C)c1ccc2ccccc2c1OCOC. The van der Waals surface area contributed by atoms with E-state index in [1.807, 2.05) is 12.1 Å². The standard InChI is InChI=1S/C16H21NO2/c1-4-17-12(2)14-10-9-13-7-5-6-8-15(13)16(14)19-11-18-3/h5-10,12,17H,4,11H2,1-3H3. The van der Waals surface area contributed by atoms with Gasteiger partial charge in [-0.3, -0.25) is 0 Å². The Kier molecular flexibility index (Phi) is 4.77. The maximum atomic E-state index is 5.80. The predicted molar refractivity (Wildman–Crippen MR) is 78.5 cm³/mol. The summed E-state index contributed by atoms with van der Waals surface area (Å²) in [5.74, 6) is 0.911. The summed E-state index contributed by atoms with van der Waals surface area (Å²) in [5, 5.41) is 5.73.